The maximum absolute atomic E-state index is 12.5. The highest BCUT2D eigenvalue weighted by Gasteiger charge is 2.24. The number of hydrogen-bond acceptors (Lipinski definition) is 6. The Morgan fingerprint density at radius 1 is 0.875 bits per heavy atom. The highest BCUT2D eigenvalue weighted by Crippen LogP contribution is 2.24. The van der Waals surface area contributed by atoms with E-state index in [0.29, 0.717) is 25.4 Å². The van der Waals surface area contributed by atoms with Crippen LogP contribution in [0.25, 0.3) is 0 Å². The number of morpholine rings is 1. The number of carbonyl (C=O) groups excluding carboxylic acids is 2. The van der Waals surface area contributed by atoms with Crippen molar-refractivity contribution in [3.63, 3.8) is 0 Å². The van der Waals surface area contributed by atoms with E-state index in [4.69, 9.17) is 4.74 Å². The molecule has 8 heteroatoms. The molecule has 2 aromatic rings. The van der Waals surface area contributed by atoms with Crippen molar-refractivity contribution in [3.05, 3.63) is 54.1 Å². The van der Waals surface area contributed by atoms with Crippen LogP contribution in [0.5, 0.6) is 0 Å². The van der Waals surface area contributed by atoms with E-state index in [0.717, 1.165) is 30.0 Å². The van der Waals surface area contributed by atoms with Crippen molar-refractivity contribution in [2.75, 3.05) is 76.2 Å². The summed E-state index contributed by atoms with van der Waals surface area (Å²) in [7, 11) is 7.89. The highest BCUT2D eigenvalue weighted by atomic mass is 16.5. The summed E-state index contributed by atoms with van der Waals surface area (Å²) in [6.07, 6.45) is 0. The number of hydrogen-bond donors (Lipinski definition) is 2. The Bertz CT molecular complexity index is 891. The minimum atomic E-state index is -0.675. The molecular weight excluding hydrogens is 406 g/mol. The third-order valence-corrected chi connectivity index (χ3v) is 5.58. The molecule has 0 spiro atoms. The molecule has 32 heavy (non-hydrogen) atoms. The molecule has 0 aromatic heterocycles. The fraction of sp³-hybridized carbons (Fsp3) is 0.417. The molecule has 1 atom stereocenters. The van der Waals surface area contributed by atoms with Gasteiger partial charge in [-0.25, -0.2) is 0 Å². The number of benzene rings is 2. The number of rotatable bonds is 7. The Kier molecular flexibility index (Phi) is 8.08. The van der Waals surface area contributed by atoms with Gasteiger partial charge in [0, 0.05) is 64.9 Å². The summed E-state index contributed by atoms with van der Waals surface area (Å²) in [5.74, 6) is -1.32. The Morgan fingerprint density at radius 3 is 1.94 bits per heavy atom. The second-order valence-corrected chi connectivity index (χ2v) is 8.26. The zero-order valence-electron chi connectivity index (χ0n) is 19.3. The fourth-order valence-electron chi connectivity index (χ4n) is 3.64. The lowest BCUT2D eigenvalue weighted by Crippen LogP contribution is -2.45. The van der Waals surface area contributed by atoms with Crippen LogP contribution < -0.4 is 20.4 Å². The van der Waals surface area contributed by atoms with Crippen LogP contribution in [0, 0.1) is 0 Å². The summed E-state index contributed by atoms with van der Waals surface area (Å²) in [5, 5.41) is 5.48. The fourth-order valence-corrected chi connectivity index (χ4v) is 3.64. The standard InChI is InChI=1S/C24H33N5O3/c1-27(2)20-9-5-18(6-10-20)22(29-13-15-32-16-14-29)17-25-23(30)24(31)26-19-7-11-21(12-8-19)28(3)4/h5-12,22H,13-17H2,1-4H3,(H,25,30)(H,26,31)/t22-/m0/s1. The molecule has 1 fully saturated rings. The monoisotopic (exact) mass is 439 g/mol. The second-order valence-electron chi connectivity index (χ2n) is 8.26. The molecule has 0 unspecified atom stereocenters. The summed E-state index contributed by atoms with van der Waals surface area (Å²) in [6, 6.07) is 15.6. The summed E-state index contributed by atoms with van der Waals surface area (Å²) in [6.45, 7) is 3.21. The van der Waals surface area contributed by atoms with Crippen molar-refractivity contribution in [2.24, 2.45) is 0 Å². The lowest BCUT2D eigenvalue weighted by Gasteiger charge is -2.35. The number of nitrogens with zero attached hydrogens (tertiary/aromatic N) is 3. The maximum Gasteiger partial charge on any atom is 0.313 e. The number of amides is 2. The number of anilines is 3. The van der Waals surface area contributed by atoms with Crippen molar-refractivity contribution >= 4 is 28.9 Å². The molecule has 3 rings (SSSR count). The van der Waals surface area contributed by atoms with Crippen LogP contribution in [0.4, 0.5) is 17.1 Å². The van der Waals surface area contributed by atoms with Crippen molar-refractivity contribution in [3.8, 4) is 0 Å². The molecule has 0 aliphatic carbocycles. The molecule has 0 bridgehead atoms. The minimum absolute atomic E-state index is 0.0359. The van der Waals surface area contributed by atoms with E-state index >= 15 is 0 Å². The van der Waals surface area contributed by atoms with Crippen molar-refractivity contribution in [1.29, 1.82) is 0 Å². The molecule has 2 amide bonds. The van der Waals surface area contributed by atoms with E-state index in [2.05, 4.69) is 39.8 Å². The van der Waals surface area contributed by atoms with Crippen LogP contribution in [0.1, 0.15) is 11.6 Å². The molecule has 2 aromatic carbocycles. The van der Waals surface area contributed by atoms with Gasteiger partial charge in [0.1, 0.15) is 0 Å². The molecular formula is C24H33N5O3. The summed E-state index contributed by atoms with van der Waals surface area (Å²) in [4.78, 5) is 31.2. The van der Waals surface area contributed by atoms with Gasteiger partial charge in [0.25, 0.3) is 0 Å². The Morgan fingerprint density at radius 2 is 1.41 bits per heavy atom. The van der Waals surface area contributed by atoms with Crippen molar-refractivity contribution in [1.82, 2.24) is 10.2 Å². The van der Waals surface area contributed by atoms with Crippen LogP contribution in [0.3, 0.4) is 0 Å². The minimum Gasteiger partial charge on any atom is -0.379 e. The van der Waals surface area contributed by atoms with Gasteiger partial charge in [-0.1, -0.05) is 12.1 Å². The average Bonchev–Trinajstić information content (AvgIpc) is 2.80. The lowest BCUT2D eigenvalue weighted by molar-refractivity contribution is -0.136. The number of carbonyl (C=O) groups is 2. The van der Waals surface area contributed by atoms with Crippen LogP contribution in [0.15, 0.2) is 48.5 Å². The second kappa shape index (κ2) is 11.0. The van der Waals surface area contributed by atoms with Gasteiger partial charge in [-0.2, -0.15) is 0 Å². The number of nitrogens with one attached hydrogen (secondary N) is 2. The largest absolute Gasteiger partial charge is 0.379 e. The molecule has 8 nitrogen and oxygen atoms in total. The van der Waals surface area contributed by atoms with E-state index in [1.54, 1.807) is 12.1 Å². The van der Waals surface area contributed by atoms with E-state index < -0.39 is 11.8 Å². The van der Waals surface area contributed by atoms with Crippen molar-refractivity contribution < 1.29 is 14.3 Å². The molecule has 0 saturated carbocycles. The van der Waals surface area contributed by atoms with Gasteiger partial charge in [0.15, 0.2) is 0 Å². The molecule has 1 saturated heterocycles. The van der Waals surface area contributed by atoms with E-state index in [-0.39, 0.29) is 6.04 Å². The Labute approximate surface area is 190 Å². The third-order valence-electron chi connectivity index (χ3n) is 5.58. The summed E-state index contributed by atoms with van der Waals surface area (Å²) in [5.41, 5.74) is 3.80. The topological polar surface area (TPSA) is 77.2 Å². The molecule has 172 valence electrons. The van der Waals surface area contributed by atoms with Gasteiger partial charge >= 0.3 is 11.8 Å². The van der Waals surface area contributed by atoms with E-state index in [9.17, 15) is 9.59 Å². The SMILES string of the molecule is CN(C)c1ccc(NC(=O)C(=O)NC[C@@H](c2ccc(N(C)C)cc2)N2CCOCC2)cc1. The van der Waals surface area contributed by atoms with Crippen LogP contribution in [-0.2, 0) is 14.3 Å². The molecule has 1 heterocycles. The summed E-state index contributed by atoms with van der Waals surface area (Å²) >= 11 is 0. The lowest BCUT2D eigenvalue weighted by atomic mass is 10.0. The molecule has 1 aliphatic heterocycles. The van der Waals surface area contributed by atoms with Crippen LogP contribution in [-0.4, -0.2) is 77.8 Å². The first kappa shape index (κ1) is 23.6. The first-order valence-corrected chi connectivity index (χ1v) is 10.8. The van der Waals surface area contributed by atoms with Gasteiger partial charge < -0.3 is 25.2 Å². The van der Waals surface area contributed by atoms with Crippen molar-refractivity contribution in [2.45, 2.75) is 6.04 Å². The Hall–Kier alpha value is -3.10. The van der Waals surface area contributed by atoms with E-state index in [1.807, 2.05) is 50.1 Å². The first-order valence-electron chi connectivity index (χ1n) is 10.8. The van der Waals surface area contributed by atoms with Gasteiger partial charge in [-0.3, -0.25) is 14.5 Å². The van der Waals surface area contributed by atoms with Crippen LogP contribution in [0.2, 0.25) is 0 Å². The molecule has 0 radical (unpaired) electrons. The molecule has 1 aliphatic rings. The zero-order chi connectivity index (χ0) is 23.1. The highest BCUT2D eigenvalue weighted by molar-refractivity contribution is 6.39. The van der Waals surface area contributed by atoms with Gasteiger partial charge in [-0.05, 0) is 42.0 Å². The van der Waals surface area contributed by atoms with Gasteiger partial charge in [0.05, 0.1) is 19.3 Å². The maximum atomic E-state index is 12.5. The molecule has 2 N–H and O–H groups in total. The zero-order valence-corrected chi connectivity index (χ0v) is 19.3. The smallest absolute Gasteiger partial charge is 0.313 e. The Balaban J connectivity index is 1.63. The first-order chi connectivity index (χ1) is 15.3. The quantitative estimate of drug-likeness (QED) is 0.643. The van der Waals surface area contributed by atoms with Gasteiger partial charge in [-0.15, -0.1) is 0 Å². The van der Waals surface area contributed by atoms with Crippen LogP contribution >= 0.6 is 0 Å². The predicted octanol–water partition coefficient (Wildman–Crippen LogP) is 1.95. The summed E-state index contributed by atoms with van der Waals surface area (Å²) < 4.78 is 5.49. The van der Waals surface area contributed by atoms with Gasteiger partial charge in [0.2, 0.25) is 0 Å². The average molecular weight is 440 g/mol. The number of ether oxygens (including phenoxy) is 1. The van der Waals surface area contributed by atoms with E-state index in [1.165, 1.54) is 0 Å². The predicted molar refractivity (Wildman–Crippen MR) is 128 cm³/mol. The normalized spacial score (nSPS) is 15.0. The third kappa shape index (κ3) is 6.21.